The van der Waals surface area contributed by atoms with Crippen LogP contribution in [-0.4, -0.2) is 66.3 Å². The topological polar surface area (TPSA) is 108 Å². The van der Waals surface area contributed by atoms with Gasteiger partial charge < -0.3 is 19.5 Å². The zero-order valence-corrected chi connectivity index (χ0v) is 30.4. The monoisotopic (exact) mass is 685 g/mol. The predicted molar refractivity (Wildman–Crippen MR) is 194 cm³/mol. The number of hydrogen-bond acceptors (Lipinski definition) is 7. The molecule has 0 spiro atoms. The Hall–Kier alpha value is -3.92. The summed E-state index contributed by atoms with van der Waals surface area (Å²) < 4.78 is 18.3. The molecule has 2 amide bonds. The standard InChI is InChI=1S/C40H55N5O5/c1-28-22-32(14-15-36(28)48-4)30-12-10-29(11-13-30)25-44(38(46)31-8-6-5-7-9-31)37-23-33(16-19-41-37)34-24-42-45(26-34)40(2,3)27-50-39(47)43-35-17-20-49-21-18-35/h14-16,19,22-24,26,29-31,35H,5-13,17-18,20-21,25,27H2,1-4H3,(H,43,47). The van der Waals surface area contributed by atoms with Crippen molar-refractivity contribution in [1.29, 1.82) is 0 Å². The van der Waals surface area contributed by atoms with Gasteiger partial charge in [0.2, 0.25) is 5.91 Å². The molecule has 3 aromatic rings. The molecule has 2 saturated carbocycles. The average molecular weight is 686 g/mol. The quantitative estimate of drug-likeness (QED) is 0.220. The normalized spacial score (nSPS) is 20.6. The van der Waals surface area contributed by atoms with E-state index in [-0.39, 0.29) is 24.5 Å². The molecule has 1 N–H and O–H groups in total. The van der Waals surface area contributed by atoms with E-state index in [4.69, 9.17) is 19.2 Å². The highest BCUT2D eigenvalue weighted by molar-refractivity contribution is 5.94. The minimum atomic E-state index is -0.562. The number of anilines is 1. The lowest BCUT2D eigenvalue weighted by Crippen LogP contribution is -2.41. The third-order valence-electron chi connectivity index (χ3n) is 11.1. The molecule has 0 bridgehead atoms. The largest absolute Gasteiger partial charge is 0.496 e. The number of aryl methyl sites for hydroxylation is 1. The highest BCUT2D eigenvalue weighted by atomic mass is 16.5. The minimum Gasteiger partial charge on any atom is -0.496 e. The molecule has 10 nitrogen and oxygen atoms in total. The SMILES string of the molecule is COc1ccc(C2CCC(CN(C(=O)C3CCCCC3)c3cc(-c4cnn(C(C)(C)COC(=O)NC5CCOCC5)c4)ccn3)CC2)cc1C. The van der Waals surface area contributed by atoms with E-state index in [1.54, 1.807) is 13.3 Å². The molecule has 50 heavy (non-hydrogen) atoms. The number of ether oxygens (including phenoxy) is 3. The van der Waals surface area contributed by atoms with E-state index in [0.29, 0.717) is 37.4 Å². The van der Waals surface area contributed by atoms with Crippen molar-refractivity contribution in [1.82, 2.24) is 20.1 Å². The van der Waals surface area contributed by atoms with Crippen LogP contribution in [-0.2, 0) is 19.8 Å². The zero-order valence-electron chi connectivity index (χ0n) is 30.4. The highest BCUT2D eigenvalue weighted by Gasteiger charge is 2.32. The Morgan fingerprint density at radius 2 is 1.74 bits per heavy atom. The Kier molecular flexibility index (Phi) is 11.8. The highest BCUT2D eigenvalue weighted by Crippen LogP contribution is 2.39. The predicted octanol–water partition coefficient (Wildman–Crippen LogP) is 7.79. The molecule has 1 aromatic carbocycles. The summed E-state index contributed by atoms with van der Waals surface area (Å²) in [6.07, 6.45) is 16.5. The van der Waals surface area contributed by atoms with Crippen LogP contribution in [0.1, 0.15) is 102 Å². The van der Waals surface area contributed by atoms with Gasteiger partial charge in [0.1, 0.15) is 18.2 Å². The van der Waals surface area contributed by atoms with E-state index >= 15 is 0 Å². The molecular formula is C40H55N5O5. The summed E-state index contributed by atoms with van der Waals surface area (Å²) in [6, 6.07) is 10.7. The van der Waals surface area contributed by atoms with Crippen molar-refractivity contribution in [3.8, 4) is 16.9 Å². The van der Waals surface area contributed by atoms with Crippen LogP contribution < -0.4 is 15.0 Å². The summed E-state index contributed by atoms with van der Waals surface area (Å²) in [5.41, 5.74) is 3.88. The lowest BCUT2D eigenvalue weighted by molar-refractivity contribution is -0.123. The number of benzene rings is 1. The summed E-state index contributed by atoms with van der Waals surface area (Å²) in [6.45, 7) is 8.29. The fraction of sp³-hybridized carbons (Fsp3) is 0.600. The first-order chi connectivity index (χ1) is 24.2. The number of hydrogen-bond donors (Lipinski definition) is 1. The van der Waals surface area contributed by atoms with Crippen molar-refractivity contribution >= 4 is 17.8 Å². The Morgan fingerprint density at radius 1 is 0.980 bits per heavy atom. The van der Waals surface area contributed by atoms with E-state index in [9.17, 15) is 9.59 Å². The second kappa shape index (κ2) is 16.4. The maximum Gasteiger partial charge on any atom is 0.407 e. The van der Waals surface area contributed by atoms with Crippen LogP contribution in [0.3, 0.4) is 0 Å². The smallest absolute Gasteiger partial charge is 0.407 e. The lowest BCUT2D eigenvalue weighted by Gasteiger charge is -2.35. The molecule has 2 aliphatic carbocycles. The van der Waals surface area contributed by atoms with Gasteiger partial charge in [-0.05, 0) is 119 Å². The molecule has 1 aliphatic heterocycles. The number of methoxy groups -OCH3 is 1. The first-order valence-electron chi connectivity index (χ1n) is 18.7. The maximum atomic E-state index is 14.2. The van der Waals surface area contributed by atoms with Gasteiger partial charge in [0.05, 0.1) is 18.8 Å². The Labute approximate surface area is 297 Å². The van der Waals surface area contributed by atoms with Crippen molar-refractivity contribution < 1.29 is 23.8 Å². The first-order valence-corrected chi connectivity index (χ1v) is 18.7. The van der Waals surface area contributed by atoms with Crippen molar-refractivity contribution in [2.75, 3.05) is 38.4 Å². The Balaban J connectivity index is 1.13. The number of rotatable bonds is 11. The van der Waals surface area contributed by atoms with Gasteiger partial charge >= 0.3 is 6.09 Å². The van der Waals surface area contributed by atoms with E-state index in [1.165, 1.54) is 17.5 Å². The molecule has 3 fully saturated rings. The van der Waals surface area contributed by atoms with Gasteiger partial charge in [0.15, 0.2) is 0 Å². The molecule has 6 rings (SSSR count). The fourth-order valence-corrected chi connectivity index (χ4v) is 7.87. The molecular weight excluding hydrogens is 630 g/mol. The number of pyridine rings is 1. The van der Waals surface area contributed by atoms with Crippen LogP contribution in [0.2, 0.25) is 0 Å². The van der Waals surface area contributed by atoms with Crippen molar-refractivity contribution in [2.24, 2.45) is 11.8 Å². The molecule has 3 heterocycles. The molecule has 1 saturated heterocycles. The van der Waals surface area contributed by atoms with Crippen LogP contribution in [0.5, 0.6) is 5.75 Å². The molecule has 0 atom stereocenters. The van der Waals surface area contributed by atoms with E-state index in [1.807, 2.05) is 48.0 Å². The zero-order chi connectivity index (χ0) is 35.1. The van der Waals surface area contributed by atoms with Gasteiger partial charge in [0, 0.05) is 49.7 Å². The van der Waals surface area contributed by atoms with Crippen LogP contribution in [0.4, 0.5) is 10.6 Å². The lowest BCUT2D eigenvalue weighted by atomic mass is 9.78. The third-order valence-corrected chi connectivity index (χ3v) is 11.1. The van der Waals surface area contributed by atoms with Gasteiger partial charge in [-0.1, -0.05) is 31.4 Å². The molecule has 0 unspecified atom stereocenters. The van der Waals surface area contributed by atoms with Crippen LogP contribution >= 0.6 is 0 Å². The average Bonchev–Trinajstić information content (AvgIpc) is 3.66. The van der Waals surface area contributed by atoms with Crippen LogP contribution in [0.15, 0.2) is 48.9 Å². The number of nitrogens with one attached hydrogen (secondary N) is 1. The molecule has 0 radical (unpaired) electrons. The second-order valence-corrected chi connectivity index (χ2v) is 15.2. The van der Waals surface area contributed by atoms with Gasteiger partial charge in [-0.15, -0.1) is 0 Å². The van der Waals surface area contributed by atoms with Crippen molar-refractivity contribution in [2.45, 2.75) is 109 Å². The van der Waals surface area contributed by atoms with E-state index in [2.05, 4.69) is 35.5 Å². The summed E-state index contributed by atoms with van der Waals surface area (Å²) >= 11 is 0. The summed E-state index contributed by atoms with van der Waals surface area (Å²) in [5.74, 6) is 2.88. The van der Waals surface area contributed by atoms with Gasteiger partial charge in [0.25, 0.3) is 0 Å². The molecule has 270 valence electrons. The number of carbonyl (C=O) groups excluding carboxylic acids is 2. The number of carbonyl (C=O) groups is 2. The summed E-state index contributed by atoms with van der Waals surface area (Å²) in [4.78, 5) is 33.5. The fourth-order valence-electron chi connectivity index (χ4n) is 7.87. The van der Waals surface area contributed by atoms with Gasteiger partial charge in [-0.25, -0.2) is 9.78 Å². The van der Waals surface area contributed by atoms with Crippen molar-refractivity contribution in [3.63, 3.8) is 0 Å². The summed E-state index contributed by atoms with van der Waals surface area (Å²) in [7, 11) is 1.72. The number of amides is 2. The second-order valence-electron chi connectivity index (χ2n) is 15.2. The number of nitrogens with zero attached hydrogens (tertiary/aromatic N) is 4. The molecule has 10 heteroatoms. The van der Waals surface area contributed by atoms with Gasteiger partial charge in [-0.3, -0.25) is 14.4 Å². The maximum absolute atomic E-state index is 14.2. The minimum absolute atomic E-state index is 0.0556. The van der Waals surface area contributed by atoms with E-state index < -0.39 is 11.6 Å². The van der Waals surface area contributed by atoms with E-state index in [0.717, 1.165) is 81.1 Å². The Bertz CT molecular complexity index is 1580. The molecule has 2 aromatic heterocycles. The van der Waals surface area contributed by atoms with Gasteiger partial charge in [-0.2, -0.15) is 5.10 Å². The van der Waals surface area contributed by atoms with Crippen LogP contribution in [0, 0.1) is 18.8 Å². The summed E-state index contributed by atoms with van der Waals surface area (Å²) in [5, 5.41) is 7.62. The van der Waals surface area contributed by atoms with Crippen molar-refractivity contribution in [3.05, 3.63) is 60.0 Å². The Morgan fingerprint density at radius 3 is 2.46 bits per heavy atom. The molecule has 3 aliphatic rings. The first kappa shape index (κ1) is 35.9. The van der Waals surface area contributed by atoms with Crippen LogP contribution in [0.25, 0.3) is 11.1 Å². The number of aromatic nitrogens is 3. The number of alkyl carbamates (subject to hydrolysis) is 1. The third kappa shape index (κ3) is 8.86.